The van der Waals surface area contributed by atoms with Crippen LogP contribution in [0.2, 0.25) is 0 Å². The van der Waals surface area contributed by atoms with E-state index in [9.17, 15) is 4.79 Å². The van der Waals surface area contributed by atoms with Crippen LogP contribution in [0.1, 0.15) is 23.1 Å². The summed E-state index contributed by atoms with van der Waals surface area (Å²) in [4.78, 5) is 21.3. The molecule has 2 heterocycles. The number of hydrogen-bond acceptors (Lipinski definition) is 3. The Labute approximate surface area is 98.2 Å². The molecule has 0 spiro atoms. The summed E-state index contributed by atoms with van der Waals surface area (Å²) in [6, 6.07) is 4.02. The fraction of sp³-hybridized carbons (Fsp3) is 0.333. The minimum atomic E-state index is -0.0175. The van der Waals surface area contributed by atoms with Crippen molar-refractivity contribution in [1.82, 2.24) is 9.97 Å². The molecule has 0 unspecified atom stereocenters. The Bertz CT molecular complexity index is 569. The van der Waals surface area contributed by atoms with Gasteiger partial charge in [-0.3, -0.25) is 4.79 Å². The predicted molar refractivity (Wildman–Crippen MR) is 67.0 cm³/mol. The molecule has 0 aliphatic carbocycles. The van der Waals surface area contributed by atoms with Crippen LogP contribution in [0.5, 0.6) is 0 Å². The van der Waals surface area contributed by atoms with Crippen molar-refractivity contribution >= 4 is 11.3 Å². The molecule has 2 rings (SSSR count). The predicted octanol–water partition coefficient (Wildman–Crippen LogP) is 2.68. The molecule has 3 nitrogen and oxygen atoms in total. The molecule has 16 heavy (non-hydrogen) atoms. The highest BCUT2D eigenvalue weighted by Gasteiger charge is 2.08. The maximum Gasteiger partial charge on any atom is 0.254 e. The molecule has 2 aromatic heterocycles. The van der Waals surface area contributed by atoms with Crippen LogP contribution in [0.4, 0.5) is 0 Å². The second-order valence-electron chi connectivity index (χ2n) is 3.74. The zero-order valence-corrected chi connectivity index (χ0v) is 10.4. The van der Waals surface area contributed by atoms with Gasteiger partial charge in [0.25, 0.3) is 5.56 Å². The van der Waals surface area contributed by atoms with Crippen molar-refractivity contribution in [3.63, 3.8) is 0 Å². The van der Waals surface area contributed by atoms with Crippen LogP contribution in [0.3, 0.4) is 0 Å². The van der Waals surface area contributed by atoms with E-state index in [0.717, 1.165) is 22.6 Å². The molecule has 0 amide bonds. The van der Waals surface area contributed by atoms with E-state index in [4.69, 9.17) is 0 Å². The monoisotopic (exact) mass is 234 g/mol. The third kappa shape index (κ3) is 1.93. The van der Waals surface area contributed by atoms with E-state index in [2.05, 4.69) is 9.97 Å². The van der Waals surface area contributed by atoms with Crippen molar-refractivity contribution in [3.05, 3.63) is 38.6 Å². The number of H-pyrrole nitrogens is 1. The van der Waals surface area contributed by atoms with Gasteiger partial charge >= 0.3 is 0 Å². The van der Waals surface area contributed by atoms with Crippen LogP contribution in [0.15, 0.2) is 16.9 Å². The van der Waals surface area contributed by atoms with Crippen LogP contribution in [-0.4, -0.2) is 9.97 Å². The second-order valence-corrected chi connectivity index (χ2v) is 5.03. The summed E-state index contributed by atoms with van der Waals surface area (Å²) in [5.41, 5.74) is 1.58. The summed E-state index contributed by atoms with van der Waals surface area (Å²) >= 11 is 1.64. The first kappa shape index (κ1) is 11.1. The Hall–Kier alpha value is -1.42. The van der Waals surface area contributed by atoms with E-state index in [1.165, 1.54) is 4.88 Å². The molecule has 0 aliphatic rings. The van der Waals surface area contributed by atoms with Crippen molar-refractivity contribution in [2.75, 3.05) is 0 Å². The fourth-order valence-electron chi connectivity index (χ4n) is 1.71. The minimum Gasteiger partial charge on any atom is -0.306 e. The summed E-state index contributed by atoms with van der Waals surface area (Å²) in [6.07, 6.45) is 0.720. The van der Waals surface area contributed by atoms with Crippen LogP contribution >= 0.6 is 11.3 Å². The maximum absolute atomic E-state index is 11.8. The molecule has 84 valence electrons. The zero-order chi connectivity index (χ0) is 11.7. The molecular weight excluding hydrogens is 220 g/mol. The maximum atomic E-state index is 11.8. The normalized spacial score (nSPS) is 10.7. The first-order valence-corrected chi connectivity index (χ1v) is 6.10. The Morgan fingerprint density at radius 2 is 2.12 bits per heavy atom. The number of nitrogens with zero attached hydrogens (tertiary/aromatic N) is 1. The third-order valence-corrected chi connectivity index (χ3v) is 3.56. The van der Waals surface area contributed by atoms with E-state index in [1.54, 1.807) is 11.3 Å². The smallest absolute Gasteiger partial charge is 0.254 e. The highest BCUT2D eigenvalue weighted by molar-refractivity contribution is 7.15. The lowest BCUT2D eigenvalue weighted by Gasteiger charge is -2.03. The number of aryl methyl sites for hydroxylation is 2. The van der Waals surface area contributed by atoms with Gasteiger partial charge in [-0.25, -0.2) is 4.98 Å². The van der Waals surface area contributed by atoms with Gasteiger partial charge in [-0.15, -0.1) is 11.3 Å². The fourth-order valence-corrected chi connectivity index (χ4v) is 2.52. The van der Waals surface area contributed by atoms with Crippen molar-refractivity contribution in [2.24, 2.45) is 0 Å². The Balaban J connectivity index is 2.56. The van der Waals surface area contributed by atoms with E-state index < -0.39 is 0 Å². The second kappa shape index (κ2) is 4.22. The number of nitrogens with one attached hydrogen (secondary N) is 1. The summed E-state index contributed by atoms with van der Waals surface area (Å²) in [6.45, 7) is 5.89. The third-order valence-electron chi connectivity index (χ3n) is 2.55. The van der Waals surface area contributed by atoms with Gasteiger partial charge < -0.3 is 4.98 Å². The molecule has 4 heteroatoms. The Morgan fingerprint density at radius 1 is 1.38 bits per heavy atom. The molecule has 0 radical (unpaired) electrons. The zero-order valence-electron chi connectivity index (χ0n) is 9.63. The van der Waals surface area contributed by atoms with Crippen LogP contribution in [0.25, 0.3) is 10.7 Å². The minimum absolute atomic E-state index is 0.0175. The lowest BCUT2D eigenvalue weighted by molar-refractivity contribution is 0.970. The van der Waals surface area contributed by atoms with Crippen molar-refractivity contribution < 1.29 is 0 Å². The van der Waals surface area contributed by atoms with E-state index in [-0.39, 0.29) is 5.56 Å². The molecule has 0 saturated carbocycles. The average molecular weight is 234 g/mol. The quantitative estimate of drug-likeness (QED) is 0.868. The number of hydrogen-bond donors (Lipinski definition) is 1. The van der Waals surface area contributed by atoms with Gasteiger partial charge in [0.2, 0.25) is 0 Å². The standard InChI is InChI=1S/C12H14N2OS/c1-4-9-8(3)13-11(14-12(9)15)10-6-5-7(2)16-10/h5-6H,4H2,1-3H3,(H,13,14,15). The lowest BCUT2D eigenvalue weighted by atomic mass is 10.2. The number of aromatic nitrogens is 2. The van der Waals surface area contributed by atoms with Gasteiger partial charge in [-0.2, -0.15) is 0 Å². The lowest BCUT2D eigenvalue weighted by Crippen LogP contribution is -2.16. The molecule has 0 saturated heterocycles. The van der Waals surface area contributed by atoms with Crippen molar-refractivity contribution in [3.8, 4) is 10.7 Å². The molecule has 1 N–H and O–H groups in total. The molecule has 0 bridgehead atoms. The topological polar surface area (TPSA) is 45.8 Å². The van der Waals surface area contributed by atoms with Gasteiger partial charge in [0.15, 0.2) is 5.82 Å². The van der Waals surface area contributed by atoms with Gasteiger partial charge in [0, 0.05) is 16.1 Å². The van der Waals surface area contributed by atoms with E-state index in [0.29, 0.717) is 5.82 Å². The summed E-state index contributed by atoms with van der Waals surface area (Å²) < 4.78 is 0. The molecule has 0 aliphatic heterocycles. The Kier molecular flexibility index (Phi) is 2.92. The van der Waals surface area contributed by atoms with Crippen molar-refractivity contribution in [2.45, 2.75) is 27.2 Å². The highest BCUT2D eigenvalue weighted by atomic mass is 32.1. The summed E-state index contributed by atoms with van der Waals surface area (Å²) in [5, 5.41) is 0. The van der Waals surface area contributed by atoms with E-state index in [1.807, 2.05) is 32.9 Å². The molecule has 0 fully saturated rings. The largest absolute Gasteiger partial charge is 0.306 e. The van der Waals surface area contributed by atoms with Gasteiger partial charge in [0.1, 0.15) is 0 Å². The SMILES string of the molecule is CCc1c(C)nc(-c2ccc(C)s2)[nH]c1=O. The molecule has 0 atom stereocenters. The van der Waals surface area contributed by atoms with Gasteiger partial charge in [-0.1, -0.05) is 6.92 Å². The number of rotatable bonds is 2. The first-order chi connectivity index (χ1) is 7.61. The van der Waals surface area contributed by atoms with Gasteiger partial charge in [0.05, 0.1) is 4.88 Å². The van der Waals surface area contributed by atoms with E-state index >= 15 is 0 Å². The van der Waals surface area contributed by atoms with Crippen LogP contribution < -0.4 is 5.56 Å². The number of aromatic amines is 1. The van der Waals surface area contributed by atoms with Crippen molar-refractivity contribution in [1.29, 1.82) is 0 Å². The molecular formula is C12H14N2OS. The Morgan fingerprint density at radius 3 is 2.62 bits per heavy atom. The summed E-state index contributed by atoms with van der Waals surface area (Å²) in [7, 11) is 0. The van der Waals surface area contributed by atoms with Crippen LogP contribution in [-0.2, 0) is 6.42 Å². The van der Waals surface area contributed by atoms with Gasteiger partial charge in [-0.05, 0) is 32.4 Å². The average Bonchev–Trinajstić information content (AvgIpc) is 2.64. The highest BCUT2D eigenvalue weighted by Crippen LogP contribution is 2.24. The summed E-state index contributed by atoms with van der Waals surface area (Å²) in [5.74, 6) is 0.679. The number of thiophene rings is 1. The van der Waals surface area contributed by atoms with Crippen LogP contribution in [0, 0.1) is 13.8 Å². The molecule has 0 aromatic carbocycles. The molecule has 2 aromatic rings. The first-order valence-electron chi connectivity index (χ1n) is 5.28.